The van der Waals surface area contributed by atoms with Gasteiger partial charge in [0.05, 0.1) is 0 Å². The fourth-order valence-electron chi connectivity index (χ4n) is 0.950. The minimum Gasteiger partial charge on any atom is -0.411 e. The highest BCUT2D eigenvalue weighted by Gasteiger charge is 1.97. The highest BCUT2D eigenvalue weighted by molar-refractivity contribution is 6.31. The zero-order chi connectivity index (χ0) is 9.68. The van der Waals surface area contributed by atoms with Crippen LogP contribution in [-0.4, -0.2) is 17.3 Å². The van der Waals surface area contributed by atoms with Gasteiger partial charge in [-0.15, -0.1) is 0 Å². The van der Waals surface area contributed by atoms with Gasteiger partial charge in [0.1, 0.15) is 6.21 Å². The molecule has 0 aliphatic carbocycles. The maximum absolute atomic E-state index is 10.9. The predicted octanol–water partition coefficient (Wildman–Crippen LogP) is 1.39. The third-order valence-electron chi connectivity index (χ3n) is 1.46. The predicted molar refractivity (Wildman–Crippen MR) is 50.1 cm³/mol. The molecule has 0 heterocycles. The molecule has 68 valence electrons. The third kappa shape index (κ3) is 2.94. The number of anilines is 1. The largest absolute Gasteiger partial charge is 0.411 e. The second-order valence-corrected chi connectivity index (χ2v) is 2.60. The summed E-state index contributed by atoms with van der Waals surface area (Å²) in [5.41, 5.74) is 1.74. The van der Waals surface area contributed by atoms with Crippen LogP contribution in [0.2, 0.25) is 0 Å². The van der Waals surface area contributed by atoms with Crippen molar-refractivity contribution in [1.82, 2.24) is 0 Å². The summed E-state index contributed by atoms with van der Waals surface area (Å²) in [5.74, 6) is -0.451. The second kappa shape index (κ2) is 4.25. The lowest BCUT2D eigenvalue weighted by atomic mass is 10.2. The van der Waals surface area contributed by atoms with Gasteiger partial charge in [-0.05, 0) is 24.6 Å². The van der Waals surface area contributed by atoms with E-state index >= 15 is 0 Å². The van der Waals surface area contributed by atoms with Crippen molar-refractivity contribution in [2.45, 2.75) is 6.92 Å². The number of oxime groups is 1. The van der Waals surface area contributed by atoms with Gasteiger partial charge in [-0.25, -0.2) is 0 Å². The summed E-state index contributed by atoms with van der Waals surface area (Å²) in [7, 11) is 0. The summed E-state index contributed by atoms with van der Waals surface area (Å²) >= 11 is 0. The maximum atomic E-state index is 10.9. The Balaban J connectivity index is 2.69. The van der Waals surface area contributed by atoms with Gasteiger partial charge in [0.2, 0.25) is 0 Å². The molecular formula is C9H10N2O2. The first-order valence-electron chi connectivity index (χ1n) is 3.77. The van der Waals surface area contributed by atoms with Crippen LogP contribution < -0.4 is 5.32 Å². The van der Waals surface area contributed by atoms with Crippen LogP contribution in [0.5, 0.6) is 0 Å². The van der Waals surface area contributed by atoms with Crippen LogP contribution in [-0.2, 0) is 4.79 Å². The van der Waals surface area contributed by atoms with E-state index in [1.165, 1.54) is 0 Å². The molecule has 4 heteroatoms. The number of carbonyl (C=O) groups is 1. The van der Waals surface area contributed by atoms with Gasteiger partial charge in [0, 0.05) is 5.69 Å². The van der Waals surface area contributed by atoms with Crippen molar-refractivity contribution < 1.29 is 10.0 Å². The Morgan fingerprint density at radius 1 is 1.62 bits per heavy atom. The Hall–Kier alpha value is -1.84. The van der Waals surface area contributed by atoms with Crippen molar-refractivity contribution in [3.63, 3.8) is 0 Å². The van der Waals surface area contributed by atoms with Crippen molar-refractivity contribution in [2.75, 3.05) is 5.32 Å². The number of nitrogens with one attached hydrogen (secondary N) is 1. The van der Waals surface area contributed by atoms with Gasteiger partial charge in [0.25, 0.3) is 5.91 Å². The molecule has 0 aromatic heterocycles. The summed E-state index contributed by atoms with van der Waals surface area (Å²) in [6.07, 6.45) is 0.808. The number of hydrogen-bond acceptors (Lipinski definition) is 3. The lowest BCUT2D eigenvalue weighted by Gasteiger charge is -2.01. The molecule has 0 saturated carbocycles. The maximum Gasteiger partial charge on any atom is 0.270 e. The quantitative estimate of drug-likeness (QED) is 0.408. The average molecular weight is 178 g/mol. The van der Waals surface area contributed by atoms with Crippen LogP contribution in [0.4, 0.5) is 5.69 Å². The van der Waals surface area contributed by atoms with Crippen molar-refractivity contribution >= 4 is 17.8 Å². The molecule has 0 radical (unpaired) electrons. The molecule has 2 N–H and O–H groups in total. The molecule has 1 aromatic carbocycles. The summed E-state index contributed by atoms with van der Waals surface area (Å²) < 4.78 is 0. The van der Waals surface area contributed by atoms with Crippen molar-refractivity contribution in [3.8, 4) is 0 Å². The highest BCUT2D eigenvalue weighted by Crippen LogP contribution is 2.08. The third-order valence-corrected chi connectivity index (χ3v) is 1.46. The molecule has 0 fully saturated rings. The number of rotatable bonds is 2. The Labute approximate surface area is 75.9 Å². The number of amides is 1. The fraction of sp³-hybridized carbons (Fsp3) is 0.111. The SMILES string of the molecule is Cc1cccc(NC(=O)C=NO)c1. The molecule has 13 heavy (non-hydrogen) atoms. The molecule has 0 atom stereocenters. The van der Waals surface area contributed by atoms with Gasteiger partial charge in [-0.3, -0.25) is 4.79 Å². The van der Waals surface area contributed by atoms with E-state index in [0.717, 1.165) is 11.8 Å². The highest BCUT2D eigenvalue weighted by atomic mass is 16.4. The minimum atomic E-state index is -0.451. The first-order valence-corrected chi connectivity index (χ1v) is 3.77. The van der Waals surface area contributed by atoms with Gasteiger partial charge in [-0.2, -0.15) is 0 Å². The number of hydrogen-bond donors (Lipinski definition) is 2. The first kappa shape index (κ1) is 9.25. The standard InChI is InChI=1S/C9H10N2O2/c1-7-3-2-4-8(5-7)11-9(12)6-10-13/h2-6,13H,1H3,(H,11,12). The fourth-order valence-corrected chi connectivity index (χ4v) is 0.950. The molecule has 0 saturated heterocycles. The van der Waals surface area contributed by atoms with Crippen molar-refractivity contribution in [2.24, 2.45) is 5.16 Å². The van der Waals surface area contributed by atoms with E-state index in [9.17, 15) is 4.79 Å². The topological polar surface area (TPSA) is 61.7 Å². The molecule has 4 nitrogen and oxygen atoms in total. The van der Waals surface area contributed by atoms with Crippen LogP contribution in [0, 0.1) is 6.92 Å². The summed E-state index contributed by atoms with van der Waals surface area (Å²) in [6.45, 7) is 1.93. The van der Waals surface area contributed by atoms with Crippen LogP contribution in [0.1, 0.15) is 5.56 Å². The molecular weight excluding hydrogens is 168 g/mol. The smallest absolute Gasteiger partial charge is 0.270 e. The molecule has 0 aliphatic heterocycles. The zero-order valence-corrected chi connectivity index (χ0v) is 7.19. The average Bonchev–Trinajstić information content (AvgIpc) is 2.04. The van der Waals surface area contributed by atoms with E-state index in [4.69, 9.17) is 5.21 Å². The Morgan fingerprint density at radius 2 is 2.38 bits per heavy atom. The van der Waals surface area contributed by atoms with Crippen LogP contribution >= 0.6 is 0 Å². The van der Waals surface area contributed by atoms with E-state index in [1.54, 1.807) is 6.07 Å². The van der Waals surface area contributed by atoms with E-state index < -0.39 is 5.91 Å². The second-order valence-electron chi connectivity index (χ2n) is 2.60. The zero-order valence-electron chi connectivity index (χ0n) is 7.19. The number of benzene rings is 1. The molecule has 1 amide bonds. The van der Waals surface area contributed by atoms with Crippen molar-refractivity contribution in [3.05, 3.63) is 29.8 Å². The van der Waals surface area contributed by atoms with Gasteiger partial charge in [0.15, 0.2) is 0 Å². The molecule has 0 bridgehead atoms. The molecule has 1 aromatic rings. The molecule has 0 spiro atoms. The van der Waals surface area contributed by atoms with E-state index in [1.807, 2.05) is 25.1 Å². The van der Waals surface area contributed by atoms with Crippen LogP contribution in [0.25, 0.3) is 0 Å². The Morgan fingerprint density at radius 3 is 3.00 bits per heavy atom. The van der Waals surface area contributed by atoms with E-state index in [-0.39, 0.29) is 0 Å². The van der Waals surface area contributed by atoms with Gasteiger partial charge >= 0.3 is 0 Å². The summed E-state index contributed by atoms with van der Waals surface area (Å²) in [5, 5.41) is 13.2. The molecule has 0 unspecified atom stereocenters. The normalized spacial score (nSPS) is 10.2. The number of carbonyl (C=O) groups excluding carboxylic acids is 1. The Kier molecular flexibility index (Phi) is 3.03. The monoisotopic (exact) mass is 178 g/mol. The van der Waals surface area contributed by atoms with Crippen molar-refractivity contribution in [1.29, 1.82) is 0 Å². The van der Waals surface area contributed by atoms with Gasteiger partial charge in [-0.1, -0.05) is 17.3 Å². The van der Waals surface area contributed by atoms with E-state index in [2.05, 4.69) is 10.5 Å². The molecule has 1 rings (SSSR count). The van der Waals surface area contributed by atoms with E-state index in [0.29, 0.717) is 5.69 Å². The van der Waals surface area contributed by atoms with Gasteiger partial charge < -0.3 is 10.5 Å². The number of nitrogens with zero attached hydrogens (tertiary/aromatic N) is 1. The molecule has 0 aliphatic rings. The minimum absolute atomic E-state index is 0.451. The lowest BCUT2D eigenvalue weighted by Crippen LogP contribution is -2.12. The number of aryl methyl sites for hydroxylation is 1. The van der Waals surface area contributed by atoms with Crippen LogP contribution in [0.15, 0.2) is 29.4 Å². The van der Waals surface area contributed by atoms with Crippen LogP contribution in [0.3, 0.4) is 0 Å². The lowest BCUT2D eigenvalue weighted by molar-refractivity contribution is -0.110. The summed E-state index contributed by atoms with van der Waals surface area (Å²) in [6, 6.07) is 7.34. The first-order chi connectivity index (χ1) is 6.22. The summed E-state index contributed by atoms with van der Waals surface area (Å²) in [4.78, 5) is 10.9. The Bertz CT molecular complexity index is 334.